The fourth-order valence-electron chi connectivity index (χ4n) is 1.97. The number of fused-ring (bicyclic) bond motifs is 1. The second kappa shape index (κ2) is 6.33. The Labute approximate surface area is 111 Å². The zero-order valence-electron chi connectivity index (χ0n) is 11.4. The van der Waals surface area contributed by atoms with Crippen LogP contribution in [-0.4, -0.2) is 50.7 Å². The van der Waals surface area contributed by atoms with Crippen molar-refractivity contribution in [1.82, 2.24) is 24.5 Å². The van der Waals surface area contributed by atoms with E-state index in [0.717, 1.165) is 38.4 Å². The second-order valence-electron chi connectivity index (χ2n) is 4.34. The van der Waals surface area contributed by atoms with E-state index in [2.05, 4.69) is 39.2 Å². The van der Waals surface area contributed by atoms with E-state index >= 15 is 0 Å². The van der Waals surface area contributed by atoms with Gasteiger partial charge in [-0.15, -0.1) is 0 Å². The van der Waals surface area contributed by atoms with Gasteiger partial charge in [0.05, 0.1) is 0 Å². The van der Waals surface area contributed by atoms with E-state index in [1.807, 2.05) is 0 Å². The zero-order chi connectivity index (χ0) is 13.7. The van der Waals surface area contributed by atoms with E-state index in [9.17, 15) is 4.79 Å². The third kappa shape index (κ3) is 3.31. The summed E-state index contributed by atoms with van der Waals surface area (Å²) in [6, 6.07) is 1.76. The third-order valence-corrected chi connectivity index (χ3v) is 3.16. The van der Waals surface area contributed by atoms with Gasteiger partial charge in [-0.1, -0.05) is 13.8 Å². The molecular formula is C12H20N6O. The molecule has 2 aromatic heterocycles. The summed E-state index contributed by atoms with van der Waals surface area (Å²) in [6.07, 6.45) is 2.54. The molecule has 2 aromatic rings. The van der Waals surface area contributed by atoms with Crippen LogP contribution in [0.1, 0.15) is 20.3 Å². The summed E-state index contributed by atoms with van der Waals surface area (Å²) in [7, 11) is 0. The quantitative estimate of drug-likeness (QED) is 0.714. The second-order valence-corrected chi connectivity index (χ2v) is 4.34. The molecule has 0 amide bonds. The summed E-state index contributed by atoms with van der Waals surface area (Å²) >= 11 is 0. The van der Waals surface area contributed by atoms with Crippen LogP contribution < -0.4 is 11.0 Å². The van der Waals surface area contributed by atoms with Gasteiger partial charge in [0.1, 0.15) is 12.1 Å². The number of hydrogen-bond donors (Lipinski definition) is 2. The predicted molar refractivity (Wildman–Crippen MR) is 74.5 cm³/mol. The lowest BCUT2D eigenvalue weighted by Gasteiger charge is -2.17. The van der Waals surface area contributed by atoms with Gasteiger partial charge in [-0.05, 0) is 26.1 Å². The molecule has 2 heterocycles. The molecule has 0 aromatic carbocycles. The molecule has 0 fully saturated rings. The van der Waals surface area contributed by atoms with E-state index in [0.29, 0.717) is 5.65 Å². The van der Waals surface area contributed by atoms with E-state index in [1.54, 1.807) is 6.07 Å². The molecule has 2 rings (SSSR count). The molecule has 0 unspecified atom stereocenters. The van der Waals surface area contributed by atoms with Crippen LogP contribution >= 0.6 is 0 Å². The summed E-state index contributed by atoms with van der Waals surface area (Å²) < 4.78 is 1.38. The van der Waals surface area contributed by atoms with Crippen LogP contribution in [-0.2, 0) is 0 Å². The molecule has 0 aliphatic heterocycles. The van der Waals surface area contributed by atoms with Crippen molar-refractivity contribution in [3.63, 3.8) is 0 Å². The van der Waals surface area contributed by atoms with Gasteiger partial charge in [0.2, 0.25) is 0 Å². The lowest BCUT2D eigenvalue weighted by Crippen LogP contribution is -2.25. The van der Waals surface area contributed by atoms with Crippen LogP contribution in [0.4, 0.5) is 5.82 Å². The van der Waals surface area contributed by atoms with Gasteiger partial charge < -0.3 is 10.2 Å². The molecule has 0 spiro atoms. The molecule has 0 saturated carbocycles. The molecule has 7 heteroatoms. The van der Waals surface area contributed by atoms with Crippen LogP contribution in [0.25, 0.3) is 5.65 Å². The topological polar surface area (TPSA) is 78.3 Å². The van der Waals surface area contributed by atoms with Gasteiger partial charge in [-0.2, -0.15) is 5.10 Å². The molecule has 19 heavy (non-hydrogen) atoms. The monoisotopic (exact) mass is 264 g/mol. The number of H-pyrrole nitrogens is 1. The summed E-state index contributed by atoms with van der Waals surface area (Å²) in [6.45, 7) is 8.43. The summed E-state index contributed by atoms with van der Waals surface area (Å²) in [5, 5.41) is 9.53. The Morgan fingerprint density at radius 2 is 2.21 bits per heavy atom. The Hall–Kier alpha value is -1.89. The van der Waals surface area contributed by atoms with Crippen molar-refractivity contribution in [2.45, 2.75) is 20.3 Å². The van der Waals surface area contributed by atoms with Crippen LogP contribution in [0.5, 0.6) is 0 Å². The standard InChI is InChI=1S/C12H20N6O/c1-3-17(4-2)7-5-6-13-10-8-11-15-16-12(19)18(11)9-14-10/h8-9,13H,3-7H2,1-2H3,(H,16,19). The van der Waals surface area contributed by atoms with E-state index < -0.39 is 0 Å². The first kappa shape index (κ1) is 13.5. The Bertz CT molecular complexity index is 571. The molecule has 2 N–H and O–H groups in total. The van der Waals surface area contributed by atoms with Crippen molar-refractivity contribution in [2.75, 3.05) is 31.5 Å². The summed E-state index contributed by atoms with van der Waals surface area (Å²) in [5.41, 5.74) is 0.307. The highest BCUT2D eigenvalue weighted by Crippen LogP contribution is 2.04. The van der Waals surface area contributed by atoms with Crippen molar-refractivity contribution >= 4 is 11.5 Å². The average Bonchev–Trinajstić information content (AvgIpc) is 2.80. The minimum absolute atomic E-state index is 0.268. The van der Waals surface area contributed by atoms with Gasteiger partial charge in [0, 0.05) is 12.6 Å². The van der Waals surface area contributed by atoms with E-state index in [-0.39, 0.29) is 5.69 Å². The first-order valence-electron chi connectivity index (χ1n) is 6.63. The number of nitrogens with zero attached hydrogens (tertiary/aromatic N) is 4. The number of hydrogen-bond acceptors (Lipinski definition) is 5. The van der Waals surface area contributed by atoms with Gasteiger partial charge in [0.25, 0.3) is 0 Å². The number of aromatic amines is 1. The lowest BCUT2D eigenvalue weighted by atomic mass is 10.3. The van der Waals surface area contributed by atoms with Gasteiger partial charge >= 0.3 is 5.69 Å². The number of aromatic nitrogens is 4. The first-order chi connectivity index (χ1) is 9.24. The maximum atomic E-state index is 11.3. The minimum Gasteiger partial charge on any atom is -0.370 e. The van der Waals surface area contributed by atoms with Crippen molar-refractivity contribution in [2.24, 2.45) is 0 Å². The molecule has 0 saturated heterocycles. The highest BCUT2D eigenvalue weighted by Gasteiger charge is 2.02. The highest BCUT2D eigenvalue weighted by molar-refractivity contribution is 5.48. The Kier molecular flexibility index (Phi) is 4.51. The van der Waals surface area contributed by atoms with Crippen molar-refractivity contribution in [1.29, 1.82) is 0 Å². The lowest BCUT2D eigenvalue weighted by molar-refractivity contribution is 0.303. The molecule has 0 bridgehead atoms. The molecule has 0 aliphatic carbocycles. The van der Waals surface area contributed by atoms with Crippen molar-refractivity contribution in [3.05, 3.63) is 22.9 Å². The highest BCUT2D eigenvalue weighted by atomic mass is 16.1. The molecular weight excluding hydrogens is 244 g/mol. The maximum Gasteiger partial charge on any atom is 0.348 e. The van der Waals surface area contributed by atoms with Crippen molar-refractivity contribution < 1.29 is 0 Å². The first-order valence-corrected chi connectivity index (χ1v) is 6.63. The minimum atomic E-state index is -0.268. The zero-order valence-corrected chi connectivity index (χ0v) is 11.4. The van der Waals surface area contributed by atoms with Crippen LogP contribution in [0.3, 0.4) is 0 Å². The fraction of sp³-hybridized carbons (Fsp3) is 0.583. The van der Waals surface area contributed by atoms with E-state index in [1.165, 1.54) is 10.7 Å². The largest absolute Gasteiger partial charge is 0.370 e. The number of anilines is 1. The fourth-order valence-corrected chi connectivity index (χ4v) is 1.97. The molecule has 0 aliphatic rings. The smallest absolute Gasteiger partial charge is 0.348 e. The maximum absolute atomic E-state index is 11.3. The number of nitrogens with one attached hydrogen (secondary N) is 2. The average molecular weight is 264 g/mol. The molecule has 0 radical (unpaired) electrons. The van der Waals surface area contributed by atoms with E-state index in [4.69, 9.17) is 0 Å². The van der Waals surface area contributed by atoms with Crippen LogP contribution in [0.2, 0.25) is 0 Å². The summed E-state index contributed by atoms with van der Waals surface area (Å²) in [5.74, 6) is 0.742. The van der Waals surface area contributed by atoms with Crippen LogP contribution in [0.15, 0.2) is 17.2 Å². The molecule has 0 atom stereocenters. The molecule has 7 nitrogen and oxygen atoms in total. The van der Waals surface area contributed by atoms with Crippen LogP contribution in [0, 0.1) is 0 Å². The van der Waals surface area contributed by atoms with Gasteiger partial charge in [-0.25, -0.2) is 19.3 Å². The predicted octanol–water partition coefficient (Wildman–Crippen LogP) is 0.561. The normalized spacial score (nSPS) is 11.3. The Morgan fingerprint density at radius 3 is 2.95 bits per heavy atom. The molecule has 104 valence electrons. The Balaban J connectivity index is 1.86. The Morgan fingerprint density at radius 1 is 1.42 bits per heavy atom. The SMILES string of the molecule is CCN(CC)CCCNc1cc2n[nH]c(=O)n2cn1. The number of rotatable bonds is 7. The van der Waals surface area contributed by atoms with Crippen molar-refractivity contribution in [3.8, 4) is 0 Å². The van der Waals surface area contributed by atoms with Gasteiger partial charge in [0.15, 0.2) is 5.65 Å². The third-order valence-electron chi connectivity index (χ3n) is 3.16. The van der Waals surface area contributed by atoms with Gasteiger partial charge in [-0.3, -0.25) is 0 Å². The summed E-state index contributed by atoms with van der Waals surface area (Å²) in [4.78, 5) is 17.8.